The molecule has 4 atom stereocenters. The van der Waals surface area contributed by atoms with Crippen LogP contribution in [0.1, 0.15) is 99.8 Å². The topological polar surface area (TPSA) is 105 Å². The first-order chi connectivity index (χ1) is 22.5. The molecule has 2 fully saturated rings. The molecule has 0 bridgehead atoms. The van der Waals surface area contributed by atoms with E-state index in [1.165, 1.54) is 0 Å². The summed E-state index contributed by atoms with van der Waals surface area (Å²) < 4.78 is 21.5. The average Bonchev–Trinajstić information content (AvgIpc) is 3.62. The van der Waals surface area contributed by atoms with Gasteiger partial charge >= 0.3 is 23.9 Å². The number of esters is 4. The second-order valence-electron chi connectivity index (χ2n) is 13.2. The highest BCUT2D eigenvalue weighted by Crippen LogP contribution is 2.46. The van der Waals surface area contributed by atoms with Crippen LogP contribution >= 0.6 is 69.6 Å². The number of rotatable bonds is 10. The Labute approximate surface area is 309 Å². The molecule has 0 aliphatic heterocycles. The average molecular weight is 785 g/mol. The van der Waals surface area contributed by atoms with E-state index in [-0.39, 0.29) is 66.0 Å². The fraction of sp³-hybridized carbons (Fsp3) is 0.529. The van der Waals surface area contributed by atoms with Crippen molar-refractivity contribution in [3.8, 4) is 11.5 Å². The summed E-state index contributed by atoms with van der Waals surface area (Å²) in [6.45, 7) is 8.81. The highest BCUT2D eigenvalue weighted by atomic mass is 35.5. The highest BCUT2D eigenvalue weighted by molar-refractivity contribution is 6.47. The zero-order valence-electron chi connectivity index (χ0n) is 26.9. The van der Waals surface area contributed by atoms with E-state index in [1.54, 1.807) is 0 Å². The molecule has 4 rings (SSSR count). The molecular weight excluding hydrogens is 749 g/mol. The van der Waals surface area contributed by atoms with Crippen molar-refractivity contribution in [1.29, 1.82) is 0 Å². The maximum atomic E-state index is 13.2. The van der Waals surface area contributed by atoms with Crippen molar-refractivity contribution in [1.82, 2.24) is 0 Å². The molecule has 48 heavy (non-hydrogen) atoms. The van der Waals surface area contributed by atoms with Gasteiger partial charge in [-0.2, -0.15) is 0 Å². The van der Waals surface area contributed by atoms with E-state index in [9.17, 15) is 19.2 Å². The van der Waals surface area contributed by atoms with Crippen LogP contribution in [0.3, 0.4) is 0 Å². The molecule has 262 valence electrons. The number of halogens is 6. The molecule has 0 saturated heterocycles. The number of hydrogen-bond acceptors (Lipinski definition) is 8. The second-order valence-corrected chi connectivity index (χ2v) is 15.6. The summed E-state index contributed by atoms with van der Waals surface area (Å²) in [5.74, 6) is -6.07. The van der Waals surface area contributed by atoms with Crippen LogP contribution in [0.2, 0.25) is 30.1 Å². The molecular formula is C34H36Cl6O8. The van der Waals surface area contributed by atoms with Gasteiger partial charge in [-0.15, -0.1) is 0 Å². The third kappa shape index (κ3) is 8.85. The summed E-state index contributed by atoms with van der Waals surface area (Å²) in [5.41, 5.74) is -0.574. The Morgan fingerprint density at radius 3 is 1.31 bits per heavy atom. The lowest BCUT2D eigenvalue weighted by molar-refractivity contribution is -0.156. The van der Waals surface area contributed by atoms with Gasteiger partial charge in [-0.25, -0.2) is 19.2 Å². The molecule has 2 aromatic rings. The lowest BCUT2D eigenvalue weighted by Gasteiger charge is -2.21. The summed E-state index contributed by atoms with van der Waals surface area (Å²) in [7, 11) is 0. The zero-order chi connectivity index (χ0) is 35.6. The summed E-state index contributed by atoms with van der Waals surface area (Å²) in [6.07, 6.45) is 7.50. The monoisotopic (exact) mass is 782 g/mol. The van der Waals surface area contributed by atoms with Crippen LogP contribution in [0.25, 0.3) is 0 Å². The maximum Gasteiger partial charge on any atom is 0.423 e. The number of carbonyl (C=O) groups is 4. The Balaban J connectivity index is 1.51. The molecule has 0 N–H and O–H groups in total. The molecule has 4 unspecified atom stereocenters. The van der Waals surface area contributed by atoms with E-state index in [0.717, 1.165) is 63.5 Å². The molecule has 2 saturated carbocycles. The first-order valence-corrected chi connectivity index (χ1v) is 17.9. The summed E-state index contributed by atoms with van der Waals surface area (Å²) in [5, 5.41) is -1.44. The Morgan fingerprint density at radius 2 is 1.00 bits per heavy atom. The third-order valence-corrected chi connectivity index (χ3v) is 11.8. The van der Waals surface area contributed by atoms with E-state index >= 15 is 0 Å². The van der Waals surface area contributed by atoms with Gasteiger partial charge in [0, 0.05) is 0 Å². The SMILES string of the molecule is CCC1(C)CCC(COC(=O)c2c(Cl)c(Cl)cc(Cl)c2OC(=O)C(=O)Oc2c(Cl)cc(Cl)c(Cl)c2C(=O)OCC2CCC(C)(CC)C2)C1. The van der Waals surface area contributed by atoms with Crippen molar-refractivity contribution in [3.63, 3.8) is 0 Å². The lowest BCUT2D eigenvalue weighted by atomic mass is 9.85. The van der Waals surface area contributed by atoms with Gasteiger partial charge < -0.3 is 18.9 Å². The van der Waals surface area contributed by atoms with Gasteiger partial charge in [0.2, 0.25) is 0 Å². The van der Waals surface area contributed by atoms with Crippen LogP contribution < -0.4 is 9.47 Å². The molecule has 14 heteroatoms. The van der Waals surface area contributed by atoms with Gasteiger partial charge in [0.05, 0.1) is 43.3 Å². The normalized spacial score (nSPS) is 23.5. The van der Waals surface area contributed by atoms with Gasteiger partial charge in [-0.1, -0.05) is 110 Å². The molecule has 2 aromatic carbocycles. The van der Waals surface area contributed by atoms with E-state index < -0.39 is 46.5 Å². The zero-order valence-corrected chi connectivity index (χ0v) is 31.4. The fourth-order valence-corrected chi connectivity index (χ4v) is 7.79. The fourth-order valence-electron chi connectivity index (χ4n) is 6.36. The highest BCUT2D eigenvalue weighted by Gasteiger charge is 2.37. The quantitative estimate of drug-likeness (QED) is 0.101. The largest absolute Gasteiger partial charge is 0.462 e. The van der Waals surface area contributed by atoms with Crippen molar-refractivity contribution >= 4 is 93.5 Å². The number of ether oxygens (including phenoxy) is 4. The number of carbonyl (C=O) groups excluding carboxylic acids is 4. The summed E-state index contributed by atoms with van der Waals surface area (Å²) >= 11 is 37.6. The third-order valence-electron chi connectivity index (χ3n) is 9.70. The Hall–Kier alpha value is -1.94. The van der Waals surface area contributed by atoms with Crippen LogP contribution in [-0.2, 0) is 19.1 Å². The lowest BCUT2D eigenvalue weighted by Crippen LogP contribution is -2.27. The van der Waals surface area contributed by atoms with Crippen LogP contribution in [0.4, 0.5) is 0 Å². The summed E-state index contributed by atoms with van der Waals surface area (Å²) in [6, 6.07) is 2.27. The van der Waals surface area contributed by atoms with E-state index in [0.29, 0.717) is 0 Å². The van der Waals surface area contributed by atoms with Crippen molar-refractivity contribution in [2.45, 2.75) is 79.1 Å². The van der Waals surface area contributed by atoms with Crippen molar-refractivity contribution in [3.05, 3.63) is 53.4 Å². The predicted molar refractivity (Wildman–Crippen MR) is 186 cm³/mol. The number of hydrogen-bond donors (Lipinski definition) is 0. The maximum absolute atomic E-state index is 13.2. The van der Waals surface area contributed by atoms with Crippen LogP contribution in [0.5, 0.6) is 11.5 Å². The molecule has 0 heterocycles. The molecule has 2 aliphatic rings. The Bertz CT molecular complexity index is 1500. The Morgan fingerprint density at radius 1 is 0.646 bits per heavy atom. The van der Waals surface area contributed by atoms with Crippen LogP contribution in [-0.4, -0.2) is 37.1 Å². The minimum atomic E-state index is -1.63. The molecule has 0 aromatic heterocycles. The minimum Gasteiger partial charge on any atom is -0.462 e. The van der Waals surface area contributed by atoms with E-state index in [2.05, 4.69) is 27.7 Å². The molecule has 0 amide bonds. The van der Waals surface area contributed by atoms with Crippen LogP contribution in [0, 0.1) is 22.7 Å². The van der Waals surface area contributed by atoms with Crippen molar-refractivity contribution in [2.75, 3.05) is 13.2 Å². The minimum absolute atomic E-state index is 0.0949. The molecule has 2 aliphatic carbocycles. The van der Waals surface area contributed by atoms with E-state index in [1.807, 2.05) is 0 Å². The standard InChI is InChI=1S/C34H36Cl6O8/c1-5-33(3)9-7-17(13-33)15-45-29(41)23-25(39)19(35)11-21(37)27(23)47-31(43)32(44)48-28-22(38)12-20(36)26(40)24(28)30(42)46-16-18-8-10-34(4,6-2)14-18/h11-12,17-18H,5-10,13-16H2,1-4H3. The van der Waals surface area contributed by atoms with Gasteiger partial charge in [0.1, 0.15) is 11.1 Å². The van der Waals surface area contributed by atoms with Gasteiger partial charge in [0.25, 0.3) is 0 Å². The first-order valence-electron chi connectivity index (χ1n) is 15.6. The second kappa shape index (κ2) is 15.9. The Kier molecular flexibility index (Phi) is 12.9. The van der Waals surface area contributed by atoms with E-state index in [4.69, 9.17) is 88.6 Å². The predicted octanol–water partition coefficient (Wildman–Crippen LogP) is 10.9. The molecule has 0 spiro atoms. The van der Waals surface area contributed by atoms with Gasteiger partial charge in [-0.3, -0.25) is 0 Å². The smallest absolute Gasteiger partial charge is 0.423 e. The van der Waals surface area contributed by atoms with Gasteiger partial charge in [0.15, 0.2) is 11.5 Å². The van der Waals surface area contributed by atoms with Gasteiger partial charge in [-0.05, 0) is 73.3 Å². The molecule has 0 radical (unpaired) electrons. The van der Waals surface area contributed by atoms with Crippen LogP contribution in [0.15, 0.2) is 12.1 Å². The van der Waals surface area contributed by atoms with Crippen molar-refractivity contribution in [2.24, 2.45) is 22.7 Å². The summed E-state index contributed by atoms with van der Waals surface area (Å²) in [4.78, 5) is 52.6. The number of benzene rings is 2. The first kappa shape index (κ1) is 38.9. The van der Waals surface area contributed by atoms with Crippen molar-refractivity contribution < 1.29 is 38.1 Å². The molecule has 8 nitrogen and oxygen atoms in total.